The molecule has 3 rings (SSSR count). The number of anilines is 3. The Balaban J connectivity index is 1.71. The van der Waals surface area contributed by atoms with Crippen LogP contribution >= 0.6 is 23.2 Å². The molecule has 1 amide bonds. The van der Waals surface area contributed by atoms with Crippen LogP contribution in [0.2, 0.25) is 10.0 Å². The summed E-state index contributed by atoms with van der Waals surface area (Å²) in [5, 5.41) is 7.07. The fourth-order valence-corrected chi connectivity index (χ4v) is 2.59. The van der Waals surface area contributed by atoms with Gasteiger partial charge in [0.05, 0.1) is 5.56 Å². The first-order valence-electron chi connectivity index (χ1n) is 7.85. The van der Waals surface area contributed by atoms with Gasteiger partial charge < -0.3 is 10.6 Å². The van der Waals surface area contributed by atoms with E-state index in [4.69, 9.17) is 23.2 Å². The van der Waals surface area contributed by atoms with Crippen molar-refractivity contribution in [3.63, 3.8) is 0 Å². The van der Waals surface area contributed by atoms with Gasteiger partial charge in [0, 0.05) is 33.8 Å². The molecule has 0 fully saturated rings. The van der Waals surface area contributed by atoms with Gasteiger partial charge in [0.15, 0.2) is 0 Å². The molecule has 2 N–H and O–H groups in total. The number of hydrogen-bond acceptors (Lipinski definition) is 4. The average molecular weight is 387 g/mol. The molecule has 7 heteroatoms. The van der Waals surface area contributed by atoms with E-state index in [0.717, 1.165) is 16.8 Å². The second-order valence-electron chi connectivity index (χ2n) is 5.80. The number of carbonyl (C=O) groups excluding carboxylic acids is 1. The molecule has 0 unspecified atom stereocenters. The molecule has 1 aromatic heterocycles. The Morgan fingerprint density at radius 3 is 2.35 bits per heavy atom. The SMILES string of the molecule is Cc1ccc(NC(=O)c2cnc(Nc3cc(Cl)ccc3C)nc2)cc1Cl. The fraction of sp³-hybridized carbons (Fsp3) is 0.105. The van der Waals surface area contributed by atoms with Crippen LogP contribution in [0, 0.1) is 13.8 Å². The lowest BCUT2D eigenvalue weighted by Gasteiger charge is -2.09. The van der Waals surface area contributed by atoms with Gasteiger partial charge in [0.1, 0.15) is 0 Å². The number of hydrogen-bond donors (Lipinski definition) is 2. The van der Waals surface area contributed by atoms with Gasteiger partial charge in [-0.1, -0.05) is 35.3 Å². The number of rotatable bonds is 4. The predicted molar refractivity (Wildman–Crippen MR) is 106 cm³/mol. The molecule has 0 radical (unpaired) electrons. The monoisotopic (exact) mass is 386 g/mol. The van der Waals surface area contributed by atoms with Crippen molar-refractivity contribution < 1.29 is 4.79 Å². The molecular weight excluding hydrogens is 371 g/mol. The zero-order chi connectivity index (χ0) is 18.7. The third kappa shape index (κ3) is 4.31. The summed E-state index contributed by atoms with van der Waals surface area (Å²) >= 11 is 12.1. The Kier molecular flexibility index (Phi) is 5.40. The highest BCUT2D eigenvalue weighted by Crippen LogP contribution is 2.23. The molecule has 0 atom stereocenters. The minimum absolute atomic E-state index is 0.310. The molecule has 0 saturated carbocycles. The minimum Gasteiger partial charge on any atom is -0.324 e. The number of nitrogens with zero attached hydrogens (tertiary/aromatic N) is 2. The lowest BCUT2D eigenvalue weighted by atomic mass is 10.2. The molecule has 0 aliphatic carbocycles. The van der Waals surface area contributed by atoms with Gasteiger partial charge in [-0.15, -0.1) is 0 Å². The minimum atomic E-state index is -0.310. The number of halogens is 2. The molecule has 1 heterocycles. The maximum absolute atomic E-state index is 12.3. The van der Waals surface area contributed by atoms with Gasteiger partial charge in [-0.25, -0.2) is 9.97 Å². The summed E-state index contributed by atoms with van der Waals surface area (Å²) in [6.45, 7) is 3.85. The lowest BCUT2D eigenvalue weighted by Crippen LogP contribution is -2.13. The average Bonchev–Trinajstić information content (AvgIpc) is 2.62. The standard InChI is InChI=1S/C19H16Cl2N4O/c1-11-4-6-15(8-16(11)21)24-18(26)13-9-22-19(23-10-13)25-17-7-14(20)5-3-12(17)2/h3-10H,1-2H3,(H,24,26)(H,22,23,25). The van der Waals surface area contributed by atoms with Crippen LogP contribution in [-0.4, -0.2) is 15.9 Å². The van der Waals surface area contributed by atoms with Crippen LogP contribution in [0.3, 0.4) is 0 Å². The Hall–Kier alpha value is -2.63. The Bertz CT molecular complexity index is 958. The van der Waals surface area contributed by atoms with E-state index in [1.165, 1.54) is 12.4 Å². The predicted octanol–water partition coefficient (Wildman–Crippen LogP) is 5.40. The number of amides is 1. The second-order valence-corrected chi connectivity index (χ2v) is 6.64. The number of carbonyl (C=O) groups is 1. The smallest absolute Gasteiger partial charge is 0.258 e. The third-order valence-corrected chi connectivity index (χ3v) is 4.43. The molecule has 26 heavy (non-hydrogen) atoms. The summed E-state index contributed by atoms with van der Waals surface area (Å²) in [4.78, 5) is 20.7. The third-order valence-electron chi connectivity index (χ3n) is 3.79. The summed E-state index contributed by atoms with van der Waals surface area (Å²) in [7, 11) is 0. The van der Waals surface area contributed by atoms with Gasteiger partial charge in [0.25, 0.3) is 5.91 Å². The maximum atomic E-state index is 12.3. The summed E-state index contributed by atoms with van der Waals surface area (Å²) in [5.74, 6) is 0.0701. The van der Waals surface area contributed by atoms with Gasteiger partial charge in [-0.3, -0.25) is 4.79 Å². The molecule has 132 valence electrons. The maximum Gasteiger partial charge on any atom is 0.258 e. The quantitative estimate of drug-likeness (QED) is 0.629. The van der Waals surface area contributed by atoms with Crippen LogP contribution in [0.4, 0.5) is 17.3 Å². The Morgan fingerprint density at radius 1 is 0.962 bits per heavy atom. The van der Waals surface area contributed by atoms with Crippen LogP contribution in [0.25, 0.3) is 0 Å². The van der Waals surface area contributed by atoms with Crippen LogP contribution in [0.15, 0.2) is 48.8 Å². The van der Waals surface area contributed by atoms with E-state index in [2.05, 4.69) is 20.6 Å². The Labute approximate surface area is 161 Å². The van der Waals surface area contributed by atoms with E-state index in [1.54, 1.807) is 18.2 Å². The lowest BCUT2D eigenvalue weighted by molar-refractivity contribution is 0.102. The number of aryl methyl sites for hydroxylation is 2. The van der Waals surface area contributed by atoms with E-state index in [0.29, 0.717) is 27.2 Å². The zero-order valence-electron chi connectivity index (χ0n) is 14.2. The highest BCUT2D eigenvalue weighted by atomic mass is 35.5. The molecule has 0 spiro atoms. The van der Waals surface area contributed by atoms with Crippen LogP contribution in [0.1, 0.15) is 21.5 Å². The summed E-state index contributed by atoms with van der Waals surface area (Å²) in [6, 6.07) is 10.8. The van der Waals surface area contributed by atoms with Gasteiger partial charge >= 0.3 is 0 Å². The van der Waals surface area contributed by atoms with Crippen LogP contribution in [-0.2, 0) is 0 Å². The summed E-state index contributed by atoms with van der Waals surface area (Å²) in [5.41, 5.74) is 3.72. The largest absolute Gasteiger partial charge is 0.324 e. The van der Waals surface area contributed by atoms with Crippen molar-refractivity contribution in [2.24, 2.45) is 0 Å². The topological polar surface area (TPSA) is 66.9 Å². The fourth-order valence-electron chi connectivity index (χ4n) is 2.23. The molecule has 0 aliphatic heterocycles. The highest BCUT2D eigenvalue weighted by molar-refractivity contribution is 6.31. The highest BCUT2D eigenvalue weighted by Gasteiger charge is 2.09. The van der Waals surface area contributed by atoms with Crippen LogP contribution in [0.5, 0.6) is 0 Å². The normalized spacial score (nSPS) is 10.5. The molecule has 5 nitrogen and oxygen atoms in total. The van der Waals surface area contributed by atoms with E-state index >= 15 is 0 Å². The molecule has 0 aliphatic rings. The van der Waals surface area contributed by atoms with Crippen molar-refractivity contribution in [3.8, 4) is 0 Å². The molecular formula is C19H16Cl2N4O. The second kappa shape index (κ2) is 7.72. The molecule has 3 aromatic rings. The van der Waals surface area contributed by atoms with E-state index < -0.39 is 0 Å². The number of benzene rings is 2. The van der Waals surface area contributed by atoms with Crippen molar-refractivity contribution in [1.29, 1.82) is 0 Å². The van der Waals surface area contributed by atoms with Gasteiger partial charge in [-0.05, 0) is 49.2 Å². The van der Waals surface area contributed by atoms with E-state index in [1.807, 2.05) is 32.0 Å². The van der Waals surface area contributed by atoms with Crippen molar-refractivity contribution >= 4 is 46.4 Å². The summed E-state index contributed by atoms with van der Waals surface area (Å²) < 4.78 is 0. The zero-order valence-corrected chi connectivity index (χ0v) is 15.7. The van der Waals surface area contributed by atoms with Gasteiger partial charge in [-0.2, -0.15) is 0 Å². The molecule has 0 bridgehead atoms. The van der Waals surface area contributed by atoms with Crippen molar-refractivity contribution in [2.75, 3.05) is 10.6 Å². The van der Waals surface area contributed by atoms with Crippen molar-refractivity contribution in [1.82, 2.24) is 9.97 Å². The number of nitrogens with one attached hydrogen (secondary N) is 2. The first kappa shape index (κ1) is 18.2. The number of aromatic nitrogens is 2. The molecule has 2 aromatic carbocycles. The van der Waals surface area contributed by atoms with Crippen LogP contribution < -0.4 is 10.6 Å². The molecule has 0 saturated heterocycles. The first-order chi connectivity index (χ1) is 12.4. The van der Waals surface area contributed by atoms with E-state index in [-0.39, 0.29) is 5.91 Å². The van der Waals surface area contributed by atoms with Gasteiger partial charge in [0.2, 0.25) is 5.95 Å². The Morgan fingerprint density at radius 2 is 1.65 bits per heavy atom. The van der Waals surface area contributed by atoms with Crippen molar-refractivity contribution in [3.05, 3.63) is 75.5 Å². The first-order valence-corrected chi connectivity index (χ1v) is 8.61. The van der Waals surface area contributed by atoms with E-state index in [9.17, 15) is 4.79 Å². The summed E-state index contributed by atoms with van der Waals surface area (Å²) in [6.07, 6.45) is 2.92. The van der Waals surface area contributed by atoms with Crippen molar-refractivity contribution in [2.45, 2.75) is 13.8 Å².